The third-order valence-electron chi connectivity index (χ3n) is 3.43. The Morgan fingerprint density at radius 3 is 2.65 bits per heavy atom. The van der Waals surface area contributed by atoms with Crippen molar-refractivity contribution in [3.63, 3.8) is 0 Å². The van der Waals surface area contributed by atoms with Crippen molar-refractivity contribution in [2.75, 3.05) is 11.9 Å². The fourth-order valence-electron chi connectivity index (χ4n) is 2.16. The van der Waals surface area contributed by atoms with Crippen molar-refractivity contribution in [1.29, 1.82) is 0 Å². The third-order valence-corrected chi connectivity index (χ3v) is 3.43. The molecule has 0 aliphatic rings. The van der Waals surface area contributed by atoms with Crippen molar-refractivity contribution in [1.82, 2.24) is 5.32 Å². The second-order valence-corrected chi connectivity index (χ2v) is 5.04. The molecule has 0 aliphatic carbocycles. The Bertz CT molecular complexity index is 652. The van der Waals surface area contributed by atoms with Gasteiger partial charge in [-0.1, -0.05) is 25.1 Å². The summed E-state index contributed by atoms with van der Waals surface area (Å²) in [6.07, 6.45) is 1.68. The van der Waals surface area contributed by atoms with E-state index in [9.17, 15) is 14.7 Å². The van der Waals surface area contributed by atoms with Crippen molar-refractivity contribution >= 4 is 17.5 Å². The van der Waals surface area contributed by atoms with Gasteiger partial charge < -0.3 is 20.2 Å². The van der Waals surface area contributed by atoms with Crippen LogP contribution in [-0.2, 0) is 16.0 Å². The maximum absolute atomic E-state index is 11.9. The average Bonchev–Trinajstić information content (AvgIpc) is 3.09. The van der Waals surface area contributed by atoms with Gasteiger partial charge in [-0.05, 0) is 36.6 Å². The Hall–Kier alpha value is -2.60. The predicted molar refractivity (Wildman–Crippen MR) is 85.7 cm³/mol. The highest BCUT2D eigenvalue weighted by Gasteiger charge is 2.16. The van der Waals surface area contributed by atoms with Crippen LogP contribution >= 0.6 is 0 Å². The monoisotopic (exact) mass is 316 g/mol. The number of amides is 2. The first-order valence-electron chi connectivity index (χ1n) is 7.50. The van der Waals surface area contributed by atoms with Gasteiger partial charge in [0.15, 0.2) is 0 Å². The first-order valence-corrected chi connectivity index (χ1v) is 7.50. The number of furan rings is 1. The van der Waals surface area contributed by atoms with Crippen LogP contribution in [0.4, 0.5) is 5.69 Å². The zero-order valence-electron chi connectivity index (χ0n) is 12.9. The van der Waals surface area contributed by atoms with Crippen LogP contribution in [0.3, 0.4) is 0 Å². The minimum absolute atomic E-state index is 0.170. The first-order chi connectivity index (χ1) is 11.1. The normalized spacial score (nSPS) is 11.7. The van der Waals surface area contributed by atoms with Gasteiger partial charge in [0.2, 0.25) is 0 Å². The van der Waals surface area contributed by atoms with E-state index in [1.165, 1.54) is 6.26 Å². The standard InChI is InChI=1S/C17H20N2O4/c1-2-12-6-3-4-7-13(12)19-17(22)16(21)18-10-9-14(20)15-8-5-11-23-15/h3-8,11,14,20H,2,9-10H2,1H3,(H,18,21)(H,19,22). The number of aryl methyl sites for hydroxylation is 1. The Balaban J connectivity index is 1.80. The van der Waals surface area contributed by atoms with Crippen molar-refractivity contribution in [2.24, 2.45) is 0 Å². The maximum atomic E-state index is 11.9. The number of nitrogens with one attached hydrogen (secondary N) is 2. The Kier molecular flexibility index (Phi) is 5.94. The van der Waals surface area contributed by atoms with Crippen LogP contribution < -0.4 is 10.6 Å². The molecule has 2 amide bonds. The van der Waals surface area contributed by atoms with Gasteiger partial charge >= 0.3 is 11.8 Å². The lowest BCUT2D eigenvalue weighted by Crippen LogP contribution is -2.36. The van der Waals surface area contributed by atoms with Crippen LogP contribution in [0.25, 0.3) is 0 Å². The molecule has 0 fully saturated rings. The number of aliphatic hydroxyl groups is 1. The number of hydrogen-bond acceptors (Lipinski definition) is 4. The molecular weight excluding hydrogens is 296 g/mol. The van der Waals surface area contributed by atoms with Gasteiger partial charge in [-0.3, -0.25) is 9.59 Å². The highest BCUT2D eigenvalue weighted by molar-refractivity contribution is 6.39. The molecule has 0 aliphatic heterocycles. The molecule has 122 valence electrons. The summed E-state index contributed by atoms with van der Waals surface area (Å²) in [5.74, 6) is -1.03. The first kappa shape index (κ1) is 16.8. The van der Waals surface area contributed by atoms with Crippen LogP contribution in [0.2, 0.25) is 0 Å². The van der Waals surface area contributed by atoms with Crippen LogP contribution in [0.15, 0.2) is 47.1 Å². The number of hydrogen-bond donors (Lipinski definition) is 3. The Morgan fingerprint density at radius 1 is 1.17 bits per heavy atom. The number of carbonyl (C=O) groups excluding carboxylic acids is 2. The zero-order valence-corrected chi connectivity index (χ0v) is 12.9. The number of para-hydroxylation sites is 1. The summed E-state index contributed by atoms with van der Waals surface area (Å²) >= 11 is 0. The molecule has 23 heavy (non-hydrogen) atoms. The van der Waals surface area contributed by atoms with Crippen molar-refractivity contribution in [3.05, 3.63) is 54.0 Å². The maximum Gasteiger partial charge on any atom is 0.313 e. The van der Waals surface area contributed by atoms with Gasteiger partial charge in [0.25, 0.3) is 0 Å². The Labute approximate surface area is 134 Å². The summed E-state index contributed by atoms with van der Waals surface area (Å²) in [5, 5.41) is 14.9. The molecule has 0 saturated carbocycles. The fourth-order valence-corrected chi connectivity index (χ4v) is 2.16. The van der Waals surface area contributed by atoms with Gasteiger partial charge in [0.1, 0.15) is 11.9 Å². The molecule has 3 N–H and O–H groups in total. The van der Waals surface area contributed by atoms with E-state index in [4.69, 9.17) is 4.42 Å². The molecule has 0 spiro atoms. The van der Waals surface area contributed by atoms with E-state index < -0.39 is 17.9 Å². The minimum Gasteiger partial charge on any atom is -0.467 e. The molecule has 0 saturated heterocycles. The van der Waals surface area contributed by atoms with Gasteiger partial charge in [-0.15, -0.1) is 0 Å². The van der Waals surface area contributed by atoms with E-state index in [0.29, 0.717) is 11.4 Å². The van der Waals surface area contributed by atoms with Gasteiger partial charge in [0, 0.05) is 12.2 Å². The van der Waals surface area contributed by atoms with Crippen LogP contribution in [0, 0.1) is 0 Å². The lowest BCUT2D eigenvalue weighted by molar-refractivity contribution is -0.136. The molecule has 6 heteroatoms. The summed E-state index contributed by atoms with van der Waals surface area (Å²) in [4.78, 5) is 23.7. The zero-order chi connectivity index (χ0) is 16.7. The highest BCUT2D eigenvalue weighted by atomic mass is 16.4. The molecule has 1 heterocycles. The second-order valence-electron chi connectivity index (χ2n) is 5.04. The number of aliphatic hydroxyl groups excluding tert-OH is 1. The molecule has 0 radical (unpaired) electrons. The van der Waals surface area contributed by atoms with E-state index in [1.807, 2.05) is 19.1 Å². The highest BCUT2D eigenvalue weighted by Crippen LogP contribution is 2.16. The minimum atomic E-state index is -0.811. The summed E-state index contributed by atoms with van der Waals surface area (Å²) in [5.41, 5.74) is 1.59. The molecule has 2 rings (SSSR count). The summed E-state index contributed by atoms with van der Waals surface area (Å²) in [6.45, 7) is 2.14. The molecule has 1 aromatic carbocycles. The van der Waals surface area contributed by atoms with E-state index in [-0.39, 0.29) is 13.0 Å². The van der Waals surface area contributed by atoms with E-state index in [1.54, 1.807) is 24.3 Å². The fraction of sp³-hybridized carbons (Fsp3) is 0.294. The molecule has 0 bridgehead atoms. The van der Waals surface area contributed by atoms with E-state index in [2.05, 4.69) is 10.6 Å². The number of rotatable bonds is 6. The second kappa shape index (κ2) is 8.14. The van der Waals surface area contributed by atoms with E-state index >= 15 is 0 Å². The lowest BCUT2D eigenvalue weighted by Gasteiger charge is -2.11. The lowest BCUT2D eigenvalue weighted by atomic mass is 10.1. The van der Waals surface area contributed by atoms with Gasteiger partial charge in [-0.25, -0.2) is 0 Å². The summed E-state index contributed by atoms with van der Waals surface area (Å²) in [6, 6.07) is 10.7. The van der Waals surface area contributed by atoms with Crippen LogP contribution in [0.5, 0.6) is 0 Å². The number of anilines is 1. The van der Waals surface area contributed by atoms with Gasteiger partial charge in [0.05, 0.1) is 6.26 Å². The van der Waals surface area contributed by atoms with Crippen molar-refractivity contribution < 1.29 is 19.1 Å². The number of carbonyl (C=O) groups is 2. The van der Waals surface area contributed by atoms with Crippen LogP contribution in [0.1, 0.15) is 30.8 Å². The van der Waals surface area contributed by atoms with Crippen molar-refractivity contribution in [3.8, 4) is 0 Å². The molecule has 1 unspecified atom stereocenters. The van der Waals surface area contributed by atoms with E-state index in [0.717, 1.165) is 12.0 Å². The number of benzene rings is 1. The third kappa shape index (κ3) is 4.69. The molecule has 1 aromatic heterocycles. The molecule has 1 atom stereocenters. The van der Waals surface area contributed by atoms with Gasteiger partial charge in [-0.2, -0.15) is 0 Å². The average molecular weight is 316 g/mol. The molecular formula is C17H20N2O4. The topological polar surface area (TPSA) is 91.6 Å². The SMILES string of the molecule is CCc1ccccc1NC(=O)C(=O)NCCC(O)c1ccco1. The Morgan fingerprint density at radius 2 is 1.96 bits per heavy atom. The molecule has 2 aromatic rings. The largest absolute Gasteiger partial charge is 0.467 e. The predicted octanol–water partition coefficient (Wildman–Crippen LogP) is 2.02. The smallest absolute Gasteiger partial charge is 0.313 e. The van der Waals surface area contributed by atoms with Crippen LogP contribution in [-0.4, -0.2) is 23.5 Å². The quantitative estimate of drug-likeness (QED) is 0.711. The van der Waals surface area contributed by atoms with Crippen molar-refractivity contribution in [2.45, 2.75) is 25.9 Å². The molecule has 6 nitrogen and oxygen atoms in total. The summed E-state index contributed by atoms with van der Waals surface area (Å²) in [7, 11) is 0. The summed E-state index contributed by atoms with van der Waals surface area (Å²) < 4.78 is 5.06.